The van der Waals surface area contributed by atoms with Gasteiger partial charge in [0.2, 0.25) is 0 Å². The van der Waals surface area contributed by atoms with E-state index in [4.69, 9.17) is 10.4 Å². The SMILES string of the molecule is COC(=O)C[C@H](BOCN)c1csc(C)n1. The Morgan fingerprint density at radius 1 is 1.75 bits per heavy atom. The molecule has 0 radical (unpaired) electrons. The van der Waals surface area contributed by atoms with Gasteiger partial charge in [-0.1, -0.05) is 0 Å². The van der Waals surface area contributed by atoms with E-state index in [0.29, 0.717) is 7.48 Å². The third-order valence-corrected chi connectivity index (χ3v) is 2.92. The Kier molecular flexibility index (Phi) is 5.44. The standard InChI is InChI=1S/C9H15BN2O3S/c1-6-12-8(4-16-6)7(10-15-5-11)3-9(13)14-2/h4,7,10H,3,5,11H2,1-2H3/t7-/m0/s1. The maximum absolute atomic E-state index is 11.2. The lowest BCUT2D eigenvalue weighted by molar-refractivity contribution is -0.140. The molecule has 0 saturated heterocycles. The van der Waals surface area contributed by atoms with Crippen LogP contribution >= 0.6 is 11.3 Å². The number of aromatic nitrogens is 1. The number of carbonyl (C=O) groups is 1. The lowest BCUT2D eigenvalue weighted by Crippen LogP contribution is -2.20. The van der Waals surface area contributed by atoms with Gasteiger partial charge in [-0.05, 0) is 6.92 Å². The molecule has 1 aromatic rings. The summed E-state index contributed by atoms with van der Waals surface area (Å²) in [6.45, 7) is 2.06. The minimum absolute atomic E-state index is 0.0825. The molecule has 0 bridgehead atoms. The van der Waals surface area contributed by atoms with Crippen molar-refractivity contribution in [2.24, 2.45) is 5.73 Å². The number of esters is 1. The Balaban J connectivity index is 2.66. The van der Waals surface area contributed by atoms with Crippen molar-refractivity contribution in [3.05, 3.63) is 16.1 Å². The van der Waals surface area contributed by atoms with Gasteiger partial charge >= 0.3 is 5.97 Å². The Morgan fingerprint density at radius 2 is 2.50 bits per heavy atom. The average molecular weight is 242 g/mol. The molecule has 0 aromatic carbocycles. The van der Waals surface area contributed by atoms with Gasteiger partial charge in [0.05, 0.1) is 24.5 Å². The lowest BCUT2D eigenvalue weighted by atomic mass is 9.75. The van der Waals surface area contributed by atoms with Crippen molar-refractivity contribution in [3.8, 4) is 0 Å². The van der Waals surface area contributed by atoms with Gasteiger partial charge in [-0.2, -0.15) is 0 Å². The van der Waals surface area contributed by atoms with Crippen LogP contribution in [0.3, 0.4) is 0 Å². The fourth-order valence-electron chi connectivity index (χ4n) is 1.31. The highest BCUT2D eigenvalue weighted by Crippen LogP contribution is 2.21. The van der Waals surface area contributed by atoms with Gasteiger partial charge in [0, 0.05) is 17.6 Å². The van der Waals surface area contributed by atoms with Crippen molar-refractivity contribution in [1.29, 1.82) is 0 Å². The normalized spacial score (nSPS) is 12.2. The molecule has 1 heterocycles. The highest BCUT2D eigenvalue weighted by molar-refractivity contribution is 7.09. The molecule has 1 atom stereocenters. The van der Waals surface area contributed by atoms with Crippen molar-refractivity contribution in [2.75, 3.05) is 13.8 Å². The first-order chi connectivity index (χ1) is 7.67. The van der Waals surface area contributed by atoms with Gasteiger partial charge in [0.25, 0.3) is 7.48 Å². The first-order valence-corrected chi connectivity index (χ1v) is 5.82. The van der Waals surface area contributed by atoms with Crippen molar-refractivity contribution >= 4 is 24.8 Å². The fourth-order valence-corrected chi connectivity index (χ4v) is 2.01. The minimum Gasteiger partial charge on any atom is -0.469 e. The zero-order chi connectivity index (χ0) is 12.0. The maximum Gasteiger partial charge on any atom is 0.305 e. The third kappa shape index (κ3) is 3.92. The number of nitrogens with two attached hydrogens (primary N) is 1. The molecule has 0 spiro atoms. The number of nitrogens with zero attached hydrogens (tertiary/aromatic N) is 1. The molecule has 1 rings (SSSR count). The summed E-state index contributed by atoms with van der Waals surface area (Å²) in [4.78, 5) is 15.6. The maximum atomic E-state index is 11.2. The van der Waals surface area contributed by atoms with Gasteiger partial charge in [0.1, 0.15) is 0 Å². The van der Waals surface area contributed by atoms with Crippen molar-refractivity contribution < 1.29 is 14.2 Å². The van der Waals surface area contributed by atoms with E-state index < -0.39 is 0 Å². The second-order valence-electron chi connectivity index (χ2n) is 3.31. The molecule has 88 valence electrons. The van der Waals surface area contributed by atoms with Crippen LogP contribution in [0.15, 0.2) is 5.38 Å². The first kappa shape index (κ1) is 13.2. The van der Waals surface area contributed by atoms with Crippen LogP contribution in [0.2, 0.25) is 0 Å². The average Bonchev–Trinajstić information content (AvgIpc) is 2.70. The van der Waals surface area contributed by atoms with Crippen LogP contribution in [0, 0.1) is 6.92 Å². The Labute approximate surface area is 99.2 Å². The molecule has 0 unspecified atom stereocenters. The van der Waals surface area contributed by atoms with E-state index in [-0.39, 0.29) is 24.9 Å². The molecule has 2 N–H and O–H groups in total. The van der Waals surface area contributed by atoms with Crippen LogP contribution in [-0.2, 0) is 14.2 Å². The topological polar surface area (TPSA) is 74.4 Å². The van der Waals surface area contributed by atoms with Crippen LogP contribution in [0.4, 0.5) is 0 Å². The lowest BCUT2D eigenvalue weighted by Gasteiger charge is -2.11. The van der Waals surface area contributed by atoms with E-state index in [1.807, 2.05) is 12.3 Å². The fraction of sp³-hybridized carbons (Fsp3) is 0.556. The van der Waals surface area contributed by atoms with Crippen LogP contribution < -0.4 is 5.73 Å². The summed E-state index contributed by atoms with van der Waals surface area (Å²) in [5.74, 6) is -0.350. The number of rotatable bonds is 6. The third-order valence-electron chi connectivity index (χ3n) is 2.13. The summed E-state index contributed by atoms with van der Waals surface area (Å²) >= 11 is 1.55. The molecular formula is C9H15BN2O3S. The summed E-state index contributed by atoms with van der Waals surface area (Å²) in [6, 6.07) is 0. The van der Waals surface area contributed by atoms with Gasteiger partial charge in [-0.25, -0.2) is 4.98 Å². The van der Waals surface area contributed by atoms with Crippen LogP contribution in [0.1, 0.15) is 22.9 Å². The molecule has 0 saturated carbocycles. The molecule has 0 amide bonds. The van der Waals surface area contributed by atoms with Gasteiger partial charge in [-0.3, -0.25) is 4.79 Å². The van der Waals surface area contributed by atoms with E-state index in [1.165, 1.54) is 7.11 Å². The van der Waals surface area contributed by atoms with Crippen molar-refractivity contribution in [3.63, 3.8) is 0 Å². The summed E-state index contributed by atoms with van der Waals surface area (Å²) in [6.07, 6.45) is 0.264. The molecule has 7 heteroatoms. The number of aryl methyl sites for hydroxylation is 1. The zero-order valence-electron chi connectivity index (χ0n) is 9.43. The smallest absolute Gasteiger partial charge is 0.305 e. The van der Waals surface area contributed by atoms with Gasteiger partial charge in [-0.15, -0.1) is 11.3 Å². The van der Waals surface area contributed by atoms with Crippen molar-refractivity contribution in [2.45, 2.75) is 19.2 Å². The number of ether oxygens (including phenoxy) is 1. The minimum atomic E-state index is -0.267. The number of hydrogen-bond donors (Lipinski definition) is 1. The summed E-state index contributed by atoms with van der Waals surface area (Å²) in [5, 5.41) is 2.90. The van der Waals surface area contributed by atoms with E-state index in [1.54, 1.807) is 11.3 Å². The van der Waals surface area contributed by atoms with E-state index in [9.17, 15) is 4.79 Å². The number of methoxy groups -OCH3 is 1. The molecular weight excluding hydrogens is 227 g/mol. The van der Waals surface area contributed by atoms with E-state index in [2.05, 4.69) is 9.72 Å². The Morgan fingerprint density at radius 3 is 3.00 bits per heavy atom. The monoisotopic (exact) mass is 242 g/mol. The second kappa shape index (κ2) is 6.62. The molecule has 16 heavy (non-hydrogen) atoms. The summed E-state index contributed by atoms with van der Waals surface area (Å²) in [5.41, 5.74) is 6.13. The first-order valence-electron chi connectivity index (χ1n) is 4.94. The van der Waals surface area contributed by atoms with Gasteiger partial charge in [0.15, 0.2) is 0 Å². The Hall–Kier alpha value is -0.915. The second-order valence-corrected chi connectivity index (χ2v) is 4.37. The molecule has 0 aliphatic heterocycles. The van der Waals surface area contributed by atoms with Gasteiger partial charge < -0.3 is 15.1 Å². The van der Waals surface area contributed by atoms with Crippen LogP contribution in [0.5, 0.6) is 0 Å². The van der Waals surface area contributed by atoms with Crippen LogP contribution in [-0.4, -0.2) is 32.3 Å². The summed E-state index contributed by atoms with van der Waals surface area (Å²) < 4.78 is 9.78. The molecule has 0 aliphatic rings. The number of thiazole rings is 1. The quantitative estimate of drug-likeness (QED) is 0.442. The highest BCUT2D eigenvalue weighted by Gasteiger charge is 2.20. The van der Waals surface area contributed by atoms with E-state index >= 15 is 0 Å². The zero-order valence-corrected chi connectivity index (χ0v) is 10.3. The summed E-state index contributed by atoms with van der Waals surface area (Å²) in [7, 11) is 1.75. The molecule has 0 fully saturated rings. The largest absolute Gasteiger partial charge is 0.469 e. The predicted octanol–water partition coefficient (Wildman–Crippen LogP) is 0.340. The Bertz CT molecular complexity index is 345. The highest BCUT2D eigenvalue weighted by atomic mass is 32.1. The number of carbonyl (C=O) groups excluding carboxylic acids is 1. The van der Waals surface area contributed by atoms with Crippen molar-refractivity contribution in [1.82, 2.24) is 4.98 Å². The van der Waals surface area contributed by atoms with Crippen LogP contribution in [0.25, 0.3) is 0 Å². The predicted molar refractivity (Wildman–Crippen MR) is 63.5 cm³/mol. The number of hydrogen-bond acceptors (Lipinski definition) is 6. The molecule has 5 nitrogen and oxygen atoms in total. The van der Waals surface area contributed by atoms with E-state index in [0.717, 1.165) is 10.7 Å². The molecule has 0 aliphatic carbocycles. The molecule has 1 aromatic heterocycles.